The highest BCUT2D eigenvalue weighted by Crippen LogP contribution is 2.30. The third-order valence-corrected chi connectivity index (χ3v) is 5.30. The Kier molecular flexibility index (Phi) is 5.81. The Morgan fingerprint density at radius 1 is 0.963 bits per heavy atom. The molecule has 1 heterocycles. The fraction of sp³-hybridized carbons (Fsp3) is 0.200. The second-order valence-electron chi connectivity index (χ2n) is 6.32. The molecule has 0 unspecified atom stereocenters. The first kappa shape index (κ1) is 19.0. The first-order chi connectivity index (χ1) is 13.0. The van der Waals surface area contributed by atoms with Gasteiger partial charge in [0.2, 0.25) is 0 Å². The molecular weight excluding hydrogens is 408 g/mol. The Balaban J connectivity index is 1.53. The number of aromatic nitrogens is 1. The van der Waals surface area contributed by atoms with Crippen LogP contribution in [0.1, 0.15) is 11.3 Å². The minimum Gasteiger partial charge on any atom is -0.376 e. The maximum absolute atomic E-state index is 12.3. The highest BCUT2D eigenvalue weighted by Gasteiger charge is 2.14. The van der Waals surface area contributed by atoms with Crippen LogP contribution in [-0.4, -0.2) is 22.9 Å². The molecule has 0 saturated heterocycles. The van der Waals surface area contributed by atoms with Crippen LogP contribution >= 0.6 is 15.9 Å². The lowest BCUT2D eigenvalue weighted by Crippen LogP contribution is -2.45. The van der Waals surface area contributed by atoms with Gasteiger partial charge < -0.3 is 9.88 Å². The van der Waals surface area contributed by atoms with E-state index in [9.17, 15) is 9.59 Å². The van der Waals surface area contributed by atoms with Crippen molar-refractivity contribution in [2.45, 2.75) is 20.4 Å². The minimum atomic E-state index is -0.320. The van der Waals surface area contributed by atoms with Crippen LogP contribution in [0.15, 0.2) is 53.0 Å². The summed E-state index contributed by atoms with van der Waals surface area (Å²) in [5, 5.41) is 4.06. The highest BCUT2D eigenvalue weighted by atomic mass is 79.9. The van der Waals surface area contributed by atoms with Gasteiger partial charge in [0.05, 0.1) is 6.54 Å². The Labute approximate surface area is 166 Å². The van der Waals surface area contributed by atoms with Crippen molar-refractivity contribution in [3.63, 3.8) is 0 Å². The number of anilines is 1. The molecule has 3 rings (SSSR count). The van der Waals surface area contributed by atoms with Crippen molar-refractivity contribution in [2.75, 3.05) is 11.9 Å². The average molecular weight is 429 g/mol. The topological polar surface area (TPSA) is 75.2 Å². The van der Waals surface area contributed by atoms with Gasteiger partial charge in [0.1, 0.15) is 6.54 Å². The lowest BCUT2D eigenvalue weighted by molar-refractivity contribution is -0.128. The number of aryl methyl sites for hydroxylation is 1. The molecule has 0 saturated carbocycles. The van der Waals surface area contributed by atoms with Gasteiger partial charge in [-0.15, -0.1) is 0 Å². The minimum absolute atomic E-state index is 0.0698. The highest BCUT2D eigenvalue weighted by molar-refractivity contribution is 9.10. The van der Waals surface area contributed by atoms with Crippen LogP contribution in [0, 0.1) is 13.8 Å². The first-order valence-electron chi connectivity index (χ1n) is 8.57. The second-order valence-corrected chi connectivity index (χ2v) is 7.11. The number of hydrogen-bond acceptors (Lipinski definition) is 3. The molecule has 0 aliphatic rings. The van der Waals surface area contributed by atoms with Crippen molar-refractivity contribution in [3.8, 4) is 0 Å². The molecule has 0 aliphatic heterocycles. The van der Waals surface area contributed by atoms with Crippen LogP contribution in [0.5, 0.6) is 0 Å². The number of para-hydroxylation sites is 1. The number of carbonyl (C=O) groups excluding carboxylic acids is 2. The second kappa shape index (κ2) is 8.26. The number of hydrazine groups is 1. The Morgan fingerprint density at radius 2 is 1.63 bits per heavy atom. The predicted molar refractivity (Wildman–Crippen MR) is 110 cm³/mol. The fourth-order valence-electron chi connectivity index (χ4n) is 2.81. The van der Waals surface area contributed by atoms with Gasteiger partial charge in [0, 0.05) is 26.8 Å². The number of rotatable bonds is 5. The lowest BCUT2D eigenvalue weighted by Gasteiger charge is -2.11. The van der Waals surface area contributed by atoms with Crippen molar-refractivity contribution in [1.29, 1.82) is 0 Å². The van der Waals surface area contributed by atoms with E-state index >= 15 is 0 Å². The third kappa shape index (κ3) is 4.49. The molecule has 2 amide bonds. The zero-order valence-corrected chi connectivity index (χ0v) is 16.8. The van der Waals surface area contributed by atoms with E-state index in [1.165, 1.54) is 0 Å². The number of amides is 2. The van der Waals surface area contributed by atoms with Crippen LogP contribution in [0.25, 0.3) is 10.9 Å². The van der Waals surface area contributed by atoms with Crippen LogP contribution in [0.4, 0.5) is 5.69 Å². The standard InChI is InChI=1S/C20H21BrN4O2/c1-13-7-9-15(10-8-13)22-11-18(26)23-24-19(27)12-25-14(2)20(21)16-5-3-4-6-17(16)25/h3-10,22H,11-12H2,1-2H3,(H,23,26)(H,24,27). The lowest BCUT2D eigenvalue weighted by atomic mass is 10.2. The number of nitrogens with zero attached hydrogens (tertiary/aromatic N) is 1. The third-order valence-electron chi connectivity index (χ3n) is 4.30. The van der Waals surface area contributed by atoms with E-state index in [0.29, 0.717) is 0 Å². The molecule has 0 aliphatic carbocycles. The molecule has 0 fully saturated rings. The van der Waals surface area contributed by atoms with E-state index < -0.39 is 0 Å². The summed E-state index contributed by atoms with van der Waals surface area (Å²) in [6.07, 6.45) is 0. The maximum atomic E-state index is 12.3. The summed E-state index contributed by atoms with van der Waals surface area (Å²) >= 11 is 3.57. The average Bonchev–Trinajstić information content (AvgIpc) is 2.91. The van der Waals surface area contributed by atoms with Gasteiger partial charge in [-0.2, -0.15) is 0 Å². The summed E-state index contributed by atoms with van der Waals surface area (Å²) in [6.45, 7) is 4.13. The summed E-state index contributed by atoms with van der Waals surface area (Å²) in [5.41, 5.74) is 8.81. The summed E-state index contributed by atoms with van der Waals surface area (Å²) in [7, 11) is 0. The summed E-state index contributed by atoms with van der Waals surface area (Å²) in [6, 6.07) is 15.6. The predicted octanol–water partition coefficient (Wildman–Crippen LogP) is 3.28. The van der Waals surface area contributed by atoms with Gasteiger partial charge in [-0.25, -0.2) is 0 Å². The largest absolute Gasteiger partial charge is 0.376 e. The monoisotopic (exact) mass is 428 g/mol. The van der Waals surface area contributed by atoms with E-state index in [2.05, 4.69) is 32.1 Å². The van der Waals surface area contributed by atoms with E-state index in [1.807, 2.05) is 66.9 Å². The zero-order valence-electron chi connectivity index (χ0n) is 15.2. The molecule has 0 radical (unpaired) electrons. The van der Waals surface area contributed by atoms with Gasteiger partial charge in [-0.05, 0) is 48.0 Å². The number of carbonyl (C=O) groups is 2. The quantitative estimate of drug-likeness (QED) is 0.545. The zero-order chi connectivity index (χ0) is 19.4. The first-order valence-corrected chi connectivity index (χ1v) is 9.36. The molecule has 27 heavy (non-hydrogen) atoms. The Bertz CT molecular complexity index is 980. The van der Waals surface area contributed by atoms with Gasteiger partial charge in [0.15, 0.2) is 0 Å². The van der Waals surface area contributed by atoms with E-state index in [0.717, 1.165) is 32.3 Å². The van der Waals surface area contributed by atoms with Crippen molar-refractivity contribution in [1.82, 2.24) is 15.4 Å². The summed E-state index contributed by atoms with van der Waals surface area (Å²) in [5.74, 6) is -0.616. The van der Waals surface area contributed by atoms with Crippen LogP contribution < -0.4 is 16.2 Å². The summed E-state index contributed by atoms with van der Waals surface area (Å²) < 4.78 is 2.88. The maximum Gasteiger partial charge on any atom is 0.258 e. The van der Waals surface area contributed by atoms with Gasteiger partial charge in [-0.3, -0.25) is 20.4 Å². The van der Waals surface area contributed by atoms with Crippen LogP contribution in [-0.2, 0) is 16.1 Å². The number of fused-ring (bicyclic) bond motifs is 1. The fourth-order valence-corrected chi connectivity index (χ4v) is 3.36. The Morgan fingerprint density at radius 3 is 2.37 bits per heavy atom. The molecule has 7 heteroatoms. The smallest absolute Gasteiger partial charge is 0.258 e. The van der Waals surface area contributed by atoms with Crippen LogP contribution in [0.2, 0.25) is 0 Å². The van der Waals surface area contributed by atoms with E-state index in [-0.39, 0.29) is 24.9 Å². The van der Waals surface area contributed by atoms with Gasteiger partial charge in [-0.1, -0.05) is 35.9 Å². The molecule has 0 bridgehead atoms. The number of hydrogen-bond donors (Lipinski definition) is 3. The Hall–Kier alpha value is -2.80. The molecule has 3 N–H and O–H groups in total. The number of nitrogens with one attached hydrogen (secondary N) is 3. The van der Waals surface area contributed by atoms with Crippen molar-refractivity contribution < 1.29 is 9.59 Å². The van der Waals surface area contributed by atoms with Gasteiger partial charge in [0.25, 0.3) is 11.8 Å². The van der Waals surface area contributed by atoms with Crippen molar-refractivity contribution in [2.24, 2.45) is 0 Å². The summed E-state index contributed by atoms with van der Waals surface area (Å²) in [4.78, 5) is 24.2. The molecule has 0 atom stereocenters. The van der Waals surface area contributed by atoms with E-state index in [4.69, 9.17) is 0 Å². The normalized spacial score (nSPS) is 10.6. The molecule has 6 nitrogen and oxygen atoms in total. The number of benzene rings is 2. The molecule has 0 spiro atoms. The molecular formula is C20H21BrN4O2. The van der Waals surface area contributed by atoms with Crippen LogP contribution in [0.3, 0.4) is 0 Å². The molecule has 3 aromatic rings. The number of halogens is 1. The van der Waals surface area contributed by atoms with Gasteiger partial charge >= 0.3 is 0 Å². The van der Waals surface area contributed by atoms with Crippen molar-refractivity contribution in [3.05, 3.63) is 64.3 Å². The molecule has 1 aromatic heterocycles. The molecule has 2 aromatic carbocycles. The molecule has 140 valence electrons. The SMILES string of the molecule is Cc1ccc(NCC(=O)NNC(=O)Cn2c(C)c(Br)c3ccccc32)cc1. The van der Waals surface area contributed by atoms with Crippen molar-refractivity contribution >= 4 is 44.3 Å². The van der Waals surface area contributed by atoms with E-state index in [1.54, 1.807) is 0 Å².